The standard InChI is InChI=1S/C30H42N2O2/c1-19(2)16-27(31)28(33)34-22-11-13-29(3)21(17-22)7-8-23-25-10-9-24(20-6-5-15-32-18-20)30(25,4)14-12-26(23)29/h5-7,9,15,18-19,22-23,25-27H,8,10-14,16-17,31H2,1-4H3/t22-,23-,25-,26-,27?,29-,30+/m0/s1. The predicted octanol–water partition coefficient (Wildman–Crippen LogP) is 6.32. The van der Waals surface area contributed by atoms with E-state index in [1.807, 2.05) is 12.4 Å². The number of ether oxygens (including phenoxy) is 1. The quantitative estimate of drug-likeness (QED) is 0.410. The SMILES string of the molecule is CC(C)CC(N)C(=O)O[C@H]1CC[C@@]2(C)C(=CC[C@@H]3[C@@H]2CC[C@]2(C)C(c4cccnc4)=CC[C@@H]32)C1. The zero-order valence-corrected chi connectivity index (χ0v) is 21.4. The molecule has 5 rings (SSSR count). The Kier molecular flexibility index (Phi) is 6.25. The van der Waals surface area contributed by atoms with Crippen molar-refractivity contribution in [3.8, 4) is 0 Å². The van der Waals surface area contributed by atoms with Crippen molar-refractivity contribution in [3.63, 3.8) is 0 Å². The molecular weight excluding hydrogens is 420 g/mol. The van der Waals surface area contributed by atoms with E-state index in [-0.39, 0.29) is 22.9 Å². The van der Waals surface area contributed by atoms with Gasteiger partial charge in [0.1, 0.15) is 12.1 Å². The summed E-state index contributed by atoms with van der Waals surface area (Å²) in [5.74, 6) is 2.35. The molecule has 0 aliphatic heterocycles. The molecular formula is C30H42N2O2. The van der Waals surface area contributed by atoms with Crippen molar-refractivity contribution in [3.05, 3.63) is 47.8 Å². The van der Waals surface area contributed by atoms with Crippen LogP contribution in [0.4, 0.5) is 0 Å². The first-order chi connectivity index (χ1) is 16.2. The molecule has 4 nitrogen and oxygen atoms in total. The van der Waals surface area contributed by atoms with Crippen LogP contribution in [0.25, 0.3) is 5.57 Å². The molecule has 0 spiro atoms. The number of aromatic nitrogens is 1. The lowest BCUT2D eigenvalue weighted by Crippen LogP contribution is -2.50. The monoisotopic (exact) mass is 462 g/mol. The Hall–Kier alpha value is -1.94. The second-order valence-corrected chi connectivity index (χ2v) is 12.3. The minimum atomic E-state index is -0.502. The molecule has 0 amide bonds. The van der Waals surface area contributed by atoms with E-state index in [0.717, 1.165) is 37.5 Å². The van der Waals surface area contributed by atoms with E-state index in [0.29, 0.717) is 18.3 Å². The van der Waals surface area contributed by atoms with Crippen molar-refractivity contribution < 1.29 is 9.53 Å². The minimum absolute atomic E-state index is 0.0132. The Morgan fingerprint density at radius 1 is 1.15 bits per heavy atom. The molecule has 1 aromatic rings. The molecule has 184 valence electrons. The van der Waals surface area contributed by atoms with E-state index < -0.39 is 6.04 Å². The third-order valence-corrected chi connectivity index (χ3v) is 9.92. The zero-order valence-electron chi connectivity index (χ0n) is 21.4. The molecule has 1 heterocycles. The molecule has 4 aliphatic carbocycles. The van der Waals surface area contributed by atoms with E-state index >= 15 is 0 Å². The van der Waals surface area contributed by atoms with Crippen molar-refractivity contribution in [2.45, 2.75) is 91.2 Å². The van der Waals surface area contributed by atoms with E-state index in [9.17, 15) is 4.79 Å². The fourth-order valence-corrected chi connectivity index (χ4v) is 8.12. The summed E-state index contributed by atoms with van der Waals surface area (Å²) in [7, 11) is 0. The average Bonchev–Trinajstić information content (AvgIpc) is 3.16. The van der Waals surface area contributed by atoms with E-state index in [2.05, 4.69) is 57.0 Å². The van der Waals surface area contributed by atoms with Crippen LogP contribution in [0.2, 0.25) is 0 Å². The molecule has 2 N–H and O–H groups in total. The molecule has 0 bridgehead atoms. The van der Waals surface area contributed by atoms with E-state index in [4.69, 9.17) is 10.5 Å². The van der Waals surface area contributed by atoms with Crippen molar-refractivity contribution in [1.82, 2.24) is 4.98 Å². The van der Waals surface area contributed by atoms with Gasteiger partial charge in [0.2, 0.25) is 0 Å². The maximum Gasteiger partial charge on any atom is 0.323 e. The molecule has 2 saturated carbocycles. The van der Waals surface area contributed by atoms with Crippen molar-refractivity contribution in [1.29, 1.82) is 0 Å². The lowest BCUT2D eigenvalue weighted by Gasteiger charge is -2.57. The van der Waals surface area contributed by atoms with Gasteiger partial charge in [0.15, 0.2) is 0 Å². The maximum atomic E-state index is 12.5. The molecule has 1 aromatic heterocycles. The number of rotatable bonds is 5. The fraction of sp³-hybridized carbons (Fsp3) is 0.667. The number of allylic oxidation sites excluding steroid dienone is 3. The molecule has 4 heteroatoms. The topological polar surface area (TPSA) is 65.2 Å². The van der Waals surface area contributed by atoms with E-state index in [1.54, 1.807) is 0 Å². The van der Waals surface area contributed by atoms with Crippen LogP contribution in [0, 0.1) is 34.5 Å². The second-order valence-electron chi connectivity index (χ2n) is 12.3. The lowest BCUT2D eigenvalue weighted by molar-refractivity contribution is -0.153. The molecule has 2 fully saturated rings. The van der Waals surface area contributed by atoms with Crippen LogP contribution >= 0.6 is 0 Å². The highest BCUT2D eigenvalue weighted by Crippen LogP contribution is 2.66. The average molecular weight is 463 g/mol. The summed E-state index contributed by atoms with van der Waals surface area (Å²) < 4.78 is 5.91. The Bertz CT molecular complexity index is 983. The molecule has 7 atom stereocenters. The highest BCUT2D eigenvalue weighted by molar-refractivity contribution is 5.75. The molecule has 4 aliphatic rings. The first-order valence-electron chi connectivity index (χ1n) is 13.5. The zero-order chi connectivity index (χ0) is 24.1. The predicted molar refractivity (Wildman–Crippen MR) is 137 cm³/mol. The summed E-state index contributed by atoms with van der Waals surface area (Å²) in [5.41, 5.74) is 11.0. The number of nitrogens with two attached hydrogens (primary N) is 1. The van der Waals surface area contributed by atoms with Crippen molar-refractivity contribution >= 4 is 11.5 Å². The Balaban J connectivity index is 1.30. The van der Waals surface area contributed by atoms with Gasteiger partial charge in [-0.2, -0.15) is 0 Å². The highest BCUT2D eigenvalue weighted by Gasteiger charge is 2.57. The number of carbonyl (C=O) groups is 1. The normalized spacial score (nSPS) is 37.7. The summed E-state index contributed by atoms with van der Waals surface area (Å²) in [6.07, 6.45) is 17.5. The number of fused-ring (bicyclic) bond motifs is 5. The smallest absolute Gasteiger partial charge is 0.323 e. The number of hydrogen-bond donors (Lipinski definition) is 1. The number of nitrogens with zero attached hydrogens (tertiary/aromatic N) is 1. The first-order valence-corrected chi connectivity index (χ1v) is 13.5. The van der Waals surface area contributed by atoms with Crippen LogP contribution in [-0.4, -0.2) is 23.1 Å². The fourth-order valence-electron chi connectivity index (χ4n) is 8.12. The largest absolute Gasteiger partial charge is 0.461 e. The van der Waals surface area contributed by atoms with Gasteiger partial charge in [-0.15, -0.1) is 0 Å². The second kappa shape index (κ2) is 8.93. The third-order valence-electron chi connectivity index (χ3n) is 9.92. The maximum absolute atomic E-state index is 12.5. The van der Waals surface area contributed by atoms with Crippen LogP contribution in [-0.2, 0) is 9.53 Å². The summed E-state index contributed by atoms with van der Waals surface area (Å²) in [6, 6.07) is 3.79. The van der Waals surface area contributed by atoms with Gasteiger partial charge in [0, 0.05) is 18.8 Å². The number of esters is 1. The van der Waals surface area contributed by atoms with Gasteiger partial charge in [-0.25, -0.2) is 0 Å². The van der Waals surface area contributed by atoms with Crippen LogP contribution < -0.4 is 5.73 Å². The summed E-state index contributed by atoms with van der Waals surface area (Å²) in [6.45, 7) is 9.21. The highest BCUT2D eigenvalue weighted by atomic mass is 16.5. The van der Waals surface area contributed by atoms with Gasteiger partial charge in [-0.05, 0) is 96.7 Å². The third kappa shape index (κ3) is 3.96. The summed E-state index contributed by atoms with van der Waals surface area (Å²) in [5, 5.41) is 0. The van der Waals surface area contributed by atoms with Crippen LogP contribution in [0.15, 0.2) is 42.3 Å². The van der Waals surface area contributed by atoms with Gasteiger partial charge in [-0.3, -0.25) is 9.78 Å². The van der Waals surface area contributed by atoms with Gasteiger partial charge < -0.3 is 10.5 Å². The van der Waals surface area contributed by atoms with Gasteiger partial charge in [-0.1, -0.05) is 51.5 Å². The van der Waals surface area contributed by atoms with E-state index in [1.165, 1.54) is 36.0 Å². The van der Waals surface area contributed by atoms with Gasteiger partial charge >= 0.3 is 5.97 Å². The Morgan fingerprint density at radius 2 is 1.94 bits per heavy atom. The Morgan fingerprint density at radius 3 is 2.68 bits per heavy atom. The van der Waals surface area contributed by atoms with Crippen LogP contribution in [0.3, 0.4) is 0 Å². The number of hydrogen-bond acceptors (Lipinski definition) is 4. The van der Waals surface area contributed by atoms with Crippen molar-refractivity contribution in [2.75, 3.05) is 0 Å². The van der Waals surface area contributed by atoms with Crippen molar-refractivity contribution in [2.24, 2.45) is 40.2 Å². The van der Waals surface area contributed by atoms with Crippen LogP contribution in [0.5, 0.6) is 0 Å². The van der Waals surface area contributed by atoms with Gasteiger partial charge in [0.05, 0.1) is 0 Å². The first kappa shape index (κ1) is 23.8. The van der Waals surface area contributed by atoms with Crippen LogP contribution in [0.1, 0.15) is 84.6 Å². The lowest BCUT2D eigenvalue weighted by atomic mass is 9.47. The molecule has 1 unspecified atom stereocenters. The summed E-state index contributed by atoms with van der Waals surface area (Å²) >= 11 is 0. The molecule has 0 aromatic carbocycles. The molecule has 0 radical (unpaired) electrons. The summed E-state index contributed by atoms with van der Waals surface area (Å²) in [4.78, 5) is 16.9. The molecule has 0 saturated heterocycles. The van der Waals surface area contributed by atoms with Gasteiger partial charge in [0.25, 0.3) is 0 Å². The number of pyridine rings is 1. The Labute approximate surface area is 205 Å². The number of carbonyl (C=O) groups excluding carboxylic acids is 1. The molecule has 34 heavy (non-hydrogen) atoms. The minimum Gasteiger partial charge on any atom is -0.461 e.